The second-order valence-electron chi connectivity index (χ2n) is 3.42. The minimum atomic E-state index is -0.192. The molecule has 0 saturated carbocycles. The van der Waals surface area contributed by atoms with Gasteiger partial charge in [0.15, 0.2) is 0 Å². The van der Waals surface area contributed by atoms with Crippen LogP contribution >= 0.6 is 0 Å². The summed E-state index contributed by atoms with van der Waals surface area (Å²) in [5.74, 6) is -0.297. The smallest absolute Gasteiger partial charge is 0.260 e. The van der Waals surface area contributed by atoms with Crippen molar-refractivity contribution in [2.75, 3.05) is 7.05 Å². The Bertz CT molecular complexity index is 398. The zero-order valence-electron chi connectivity index (χ0n) is 7.99. The first kappa shape index (κ1) is 8.94. The number of nitrogens with zero attached hydrogens (tertiary/aromatic N) is 1. The van der Waals surface area contributed by atoms with Gasteiger partial charge in [0, 0.05) is 19.0 Å². The molecule has 3 nitrogen and oxygen atoms in total. The summed E-state index contributed by atoms with van der Waals surface area (Å²) in [6, 6.07) is 7.38. The first-order valence-electron chi connectivity index (χ1n) is 4.59. The number of hydrogen-bond donors (Lipinski definition) is 0. The number of amides is 2. The Balaban J connectivity index is 2.50. The van der Waals surface area contributed by atoms with Crippen LogP contribution in [0.3, 0.4) is 0 Å². The highest BCUT2D eigenvalue weighted by molar-refractivity contribution is 6.06. The predicted molar refractivity (Wildman–Crippen MR) is 51.9 cm³/mol. The Kier molecular flexibility index (Phi) is 2.08. The molecule has 2 amide bonds. The summed E-state index contributed by atoms with van der Waals surface area (Å²) in [7, 11) is 1.53. The van der Waals surface area contributed by atoms with Crippen LogP contribution in [0.4, 0.5) is 0 Å². The number of aryl methyl sites for hydroxylation is 1. The lowest BCUT2D eigenvalue weighted by atomic mass is 10.0. The summed E-state index contributed by atoms with van der Waals surface area (Å²) in [6.07, 6.45) is 1.07. The summed E-state index contributed by atoms with van der Waals surface area (Å²) in [5.41, 5.74) is 1.62. The average molecular weight is 189 g/mol. The van der Waals surface area contributed by atoms with Gasteiger partial charge in [-0.2, -0.15) is 0 Å². The standard InChI is InChI=1S/C11H11NO2/c1-12-10(13)7-6-8-4-2-3-5-9(8)11(12)14/h2-5H,6-7H2,1H3. The summed E-state index contributed by atoms with van der Waals surface area (Å²) in [4.78, 5) is 24.4. The van der Waals surface area contributed by atoms with Crippen molar-refractivity contribution >= 4 is 11.8 Å². The van der Waals surface area contributed by atoms with E-state index in [1.807, 2.05) is 18.2 Å². The molecular weight excluding hydrogens is 178 g/mol. The van der Waals surface area contributed by atoms with Crippen molar-refractivity contribution < 1.29 is 9.59 Å². The molecule has 0 fully saturated rings. The molecule has 1 aliphatic heterocycles. The SMILES string of the molecule is CN1C(=O)CCc2ccccc2C1=O. The highest BCUT2D eigenvalue weighted by atomic mass is 16.2. The summed E-state index contributed by atoms with van der Waals surface area (Å²) in [6.45, 7) is 0. The monoisotopic (exact) mass is 189 g/mol. The van der Waals surface area contributed by atoms with Gasteiger partial charge in [0.05, 0.1) is 0 Å². The van der Waals surface area contributed by atoms with Crippen LogP contribution in [0.5, 0.6) is 0 Å². The first-order valence-corrected chi connectivity index (χ1v) is 4.59. The molecule has 1 aliphatic rings. The van der Waals surface area contributed by atoms with E-state index in [0.717, 1.165) is 5.56 Å². The van der Waals surface area contributed by atoms with E-state index in [4.69, 9.17) is 0 Å². The van der Waals surface area contributed by atoms with Crippen molar-refractivity contribution in [2.45, 2.75) is 12.8 Å². The molecule has 0 N–H and O–H groups in total. The molecule has 1 heterocycles. The van der Waals surface area contributed by atoms with Gasteiger partial charge in [-0.3, -0.25) is 14.5 Å². The van der Waals surface area contributed by atoms with Crippen LogP contribution < -0.4 is 0 Å². The van der Waals surface area contributed by atoms with Gasteiger partial charge in [-0.25, -0.2) is 0 Å². The molecule has 0 atom stereocenters. The van der Waals surface area contributed by atoms with Crippen LogP contribution in [0.2, 0.25) is 0 Å². The molecule has 3 heteroatoms. The second kappa shape index (κ2) is 3.25. The van der Waals surface area contributed by atoms with E-state index in [-0.39, 0.29) is 11.8 Å². The van der Waals surface area contributed by atoms with Crippen LogP contribution in [-0.4, -0.2) is 23.8 Å². The zero-order valence-corrected chi connectivity index (χ0v) is 7.99. The molecule has 0 aliphatic carbocycles. The number of imide groups is 1. The maximum Gasteiger partial charge on any atom is 0.260 e. The topological polar surface area (TPSA) is 37.4 Å². The van der Waals surface area contributed by atoms with E-state index in [0.29, 0.717) is 18.4 Å². The van der Waals surface area contributed by atoms with Gasteiger partial charge in [0.2, 0.25) is 5.91 Å². The lowest BCUT2D eigenvalue weighted by molar-refractivity contribution is -0.127. The molecule has 1 aromatic carbocycles. The molecule has 0 aromatic heterocycles. The molecule has 1 aromatic rings. The Morgan fingerprint density at radius 1 is 1.14 bits per heavy atom. The highest BCUT2D eigenvalue weighted by Crippen LogP contribution is 2.17. The minimum absolute atomic E-state index is 0.105. The number of carbonyl (C=O) groups is 2. The Hall–Kier alpha value is -1.64. The molecule has 0 unspecified atom stereocenters. The van der Waals surface area contributed by atoms with Crippen molar-refractivity contribution in [3.8, 4) is 0 Å². The van der Waals surface area contributed by atoms with E-state index >= 15 is 0 Å². The van der Waals surface area contributed by atoms with Gasteiger partial charge in [-0.05, 0) is 18.1 Å². The van der Waals surface area contributed by atoms with E-state index in [1.54, 1.807) is 6.07 Å². The van der Waals surface area contributed by atoms with Gasteiger partial charge in [-0.15, -0.1) is 0 Å². The van der Waals surface area contributed by atoms with Gasteiger partial charge in [-0.1, -0.05) is 18.2 Å². The van der Waals surface area contributed by atoms with Crippen molar-refractivity contribution in [1.29, 1.82) is 0 Å². The maximum atomic E-state index is 11.8. The van der Waals surface area contributed by atoms with Gasteiger partial charge < -0.3 is 0 Å². The Morgan fingerprint density at radius 3 is 2.64 bits per heavy atom. The molecule has 0 bridgehead atoms. The average Bonchev–Trinajstić information content (AvgIpc) is 2.32. The molecule has 72 valence electrons. The fourth-order valence-electron chi connectivity index (χ4n) is 1.65. The van der Waals surface area contributed by atoms with Gasteiger partial charge in [0.25, 0.3) is 5.91 Å². The molecule has 0 radical (unpaired) electrons. The Labute approximate surface area is 82.3 Å². The largest absolute Gasteiger partial charge is 0.282 e. The van der Waals surface area contributed by atoms with Crippen LogP contribution in [0, 0.1) is 0 Å². The highest BCUT2D eigenvalue weighted by Gasteiger charge is 2.24. The van der Waals surface area contributed by atoms with Crippen LogP contribution in [0.1, 0.15) is 22.3 Å². The van der Waals surface area contributed by atoms with Crippen molar-refractivity contribution in [1.82, 2.24) is 4.90 Å². The third kappa shape index (κ3) is 1.31. The lowest BCUT2D eigenvalue weighted by Crippen LogP contribution is -2.31. The fourth-order valence-corrected chi connectivity index (χ4v) is 1.65. The zero-order chi connectivity index (χ0) is 10.1. The molecular formula is C11H11NO2. The summed E-state index contributed by atoms with van der Waals surface area (Å²) in [5, 5.41) is 0. The number of carbonyl (C=O) groups excluding carboxylic acids is 2. The normalized spacial score (nSPS) is 16.5. The molecule has 2 rings (SSSR count). The number of hydrogen-bond acceptors (Lipinski definition) is 2. The van der Waals surface area contributed by atoms with Gasteiger partial charge in [0.1, 0.15) is 0 Å². The summed E-state index contributed by atoms with van der Waals surface area (Å²) < 4.78 is 0. The van der Waals surface area contributed by atoms with Crippen LogP contribution in [-0.2, 0) is 11.2 Å². The van der Waals surface area contributed by atoms with Crippen molar-refractivity contribution in [3.05, 3.63) is 35.4 Å². The van der Waals surface area contributed by atoms with Crippen molar-refractivity contribution in [3.63, 3.8) is 0 Å². The first-order chi connectivity index (χ1) is 6.70. The third-order valence-corrected chi connectivity index (χ3v) is 2.53. The van der Waals surface area contributed by atoms with Gasteiger partial charge >= 0.3 is 0 Å². The Morgan fingerprint density at radius 2 is 1.86 bits per heavy atom. The molecule has 0 spiro atoms. The summed E-state index contributed by atoms with van der Waals surface area (Å²) >= 11 is 0. The number of rotatable bonds is 0. The van der Waals surface area contributed by atoms with E-state index in [2.05, 4.69) is 0 Å². The molecule has 0 saturated heterocycles. The minimum Gasteiger partial charge on any atom is -0.282 e. The lowest BCUT2D eigenvalue weighted by Gasteiger charge is -2.11. The number of benzene rings is 1. The maximum absolute atomic E-state index is 11.8. The quantitative estimate of drug-likeness (QED) is 0.576. The molecule has 14 heavy (non-hydrogen) atoms. The third-order valence-electron chi connectivity index (χ3n) is 2.53. The van der Waals surface area contributed by atoms with E-state index < -0.39 is 0 Å². The van der Waals surface area contributed by atoms with Crippen LogP contribution in [0.25, 0.3) is 0 Å². The van der Waals surface area contributed by atoms with Crippen molar-refractivity contribution in [2.24, 2.45) is 0 Å². The second-order valence-corrected chi connectivity index (χ2v) is 3.42. The van der Waals surface area contributed by atoms with Crippen LogP contribution in [0.15, 0.2) is 24.3 Å². The van der Waals surface area contributed by atoms with E-state index in [1.165, 1.54) is 11.9 Å². The number of fused-ring (bicyclic) bond motifs is 1. The predicted octanol–water partition coefficient (Wildman–Crippen LogP) is 1.23. The van der Waals surface area contributed by atoms with E-state index in [9.17, 15) is 9.59 Å². The fraction of sp³-hybridized carbons (Fsp3) is 0.273.